The maximum absolute atomic E-state index is 5.61. The first-order chi connectivity index (χ1) is 10.9. The second kappa shape index (κ2) is 7.30. The van der Waals surface area contributed by atoms with E-state index in [1.54, 1.807) is 0 Å². The van der Waals surface area contributed by atoms with E-state index in [1.807, 2.05) is 37.4 Å². The Hall–Kier alpha value is -2.03. The molecule has 1 heterocycles. The fraction of sp³-hybridized carbons (Fsp3) is 0.421. The third-order valence-corrected chi connectivity index (χ3v) is 4.25. The van der Waals surface area contributed by atoms with Crippen molar-refractivity contribution in [3.05, 3.63) is 48.3 Å². The summed E-state index contributed by atoms with van der Waals surface area (Å²) in [7, 11) is 0. The van der Waals surface area contributed by atoms with Gasteiger partial charge in [0.15, 0.2) is 0 Å². The van der Waals surface area contributed by atoms with Crippen LogP contribution in [0.25, 0.3) is 0 Å². The lowest BCUT2D eigenvalue weighted by Gasteiger charge is -2.23. The zero-order valence-corrected chi connectivity index (χ0v) is 13.2. The first-order valence-corrected chi connectivity index (χ1v) is 8.30. The van der Waals surface area contributed by atoms with Crippen molar-refractivity contribution in [3.8, 4) is 5.75 Å². The molecule has 0 N–H and O–H groups in total. The first-order valence-electron chi connectivity index (χ1n) is 8.30. The highest BCUT2D eigenvalue weighted by atomic mass is 16.5. The summed E-state index contributed by atoms with van der Waals surface area (Å²) in [6, 6.07) is 10.7. The third kappa shape index (κ3) is 3.59. The molecular formula is C19H24N2O. The van der Waals surface area contributed by atoms with Gasteiger partial charge < -0.3 is 9.30 Å². The highest BCUT2D eigenvalue weighted by molar-refractivity contribution is 5.82. The summed E-state index contributed by atoms with van der Waals surface area (Å²) in [5, 5.41) is 0. The zero-order valence-electron chi connectivity index (χ0n) is 13.2. The lowest BCUT2D eigenvalue weighted by Crippen LogP contribution is -2.10. The SMILES string of the molecule is CCOc1ccccc1N=Cc1ccn(C2CCCCC2)c1. The Morgan fingerprint density at radius 3 is 2.82 bits per heavy atom. The molecule has 22 heavy (non-hydrogen) atoms. The van der Waals surface area contributed by atoms with Crippen LogP contribution in [0.3, 0.4) is 0 Å². The maximum atomic E-state index is 5.61. The Kier molecular flexibility index (Phi) is 4.94. The summed E-state index contributed by atoms with van der Waals surface area (Å²) in [5.74, 6) is 0.841. The first kappa shape index (κ1) is 14.9. The van der Waals surface area contributed by atoms with Crippen molar-refractivity contribution >= 4 is 11.9 Å². The van der Waals surface area contributed by atoms with E-state index in [9.17, 15) is 0 Å². The van der Waals surface area contributed by atoms with E-state index in [1.165, 1.54) is 32.1 Å². The van der Waals surface area contributed by atoms with Gasteiger partial charge in [-0.05, 0) is 38.0 Å². The van der Waals surface area contributed by atoms with Crippen molar-refractivity contribution in [1.29, 1.82) is 0 Å². The molecule has 1 aromatic heterocycles. The van der Waals surface area contributed by atoms with Gasteiger partial charge in [0.25, 0.3) is 0 Å². The van der Waals surface area contributed by atoms with Crippen LogP contribution in [0.4, 0.5) is 5.69 Å². The number of rotatable bonds is 5. The van der Waals surface area contributed by atoms with Gasteiger partial charge in [-0.25, -0.2) is 0 Å². The number of aromatic nitrogens is 1. The predicted molar refractivity (Wildman–Crippen MR) is 91.4 cm³/mol. The van der Waals surface area contributed by atoms with Gasteiger partial charge in [-0.2, -0.15) is 0 Å². The van der Waals surface area contributed by atoms with Crippen LogP contribution in [-0.4, -0.2) is 17.4 Å². The molecule has 3 nitrogen and oxygen atoms in total. The minimum atomic E-state index is 0.657. The number of hydrogen-bond acceptors (Lipinski definition) is 2. The van der Waals surface area contributed by atoms with E-state index >= 15 is 0 Å². The van der Waals surface area contributed by atoms with Crippen molar-refractivity contribution in [2.75, 3.05) is 6.61 Å². The monoisotopic (exact) mass is 296 g/mol. The molecule has 0 spiro atoms. The molecule has 1 aliphatic rings. The Balaban J connectivity index is 1.72. The summed E-state index contributed by atoms with van der Waals surface area (Å²) in [4.78, 5) is 4.59. The van der Waals surface area contributed by atoms with Crippen LogP contribution in [0.15, 0.2) is 47.7 Å². The molecule has 3 rings (SSSR count). The van der Waals surface area contributed by atoms with Gasteiger partial charge in [-0.15, -0.1) is 0 Å². The van der Waals surface area contributed by atoms with Gasteiger partial charge in [0.2, 0.25) is 0 Å². The van der Waals surface area contributed by atoms with E-state index in [-0.39, 0.29) is 0 Å². The molecule has 0 amide bonds. The van der Waals surface area contributed by atoms with Crippen molar-refractivity contribution in [2.24, 2.45) is 4.99 Å². The van der Waals surface area contributed by atoms with Crippen molar-refractivity contribution in [1.82, 2.24) is 4.57 Å². The molecular weight excluding hydrogens is 272 g/mol. The molecule has 1 aromatic carbocycles. The minimum absolute atomic E-state index is 0.657. The molecule has 1 saturated carbocycles. The van der Waals surface area contributed by atoms with Gasteiger partial charge in [-0.3, -0.25) is 4.99 Å². The van der Waals surface area contributed by atoms with Gasteiger partial charge in [0, 0.05) is 30.2 Å². The number of nitrogens with zero attached hydrogens (tertiary/aromatic N) is 2. The number of para-hydroxylation sites is 2. The average Bonchev–Trinajstić information content (AvgIpc) is 3.04. The fourth-order valence-corrected chi connectivity index (χ4v) is 3.10. The van der Waals surface area contributed by atoms with E-state index in [2.05, 4.69) is 28.0 Å². The molecule has 116 valence electrons. The number of ether oxygens (including phenoxy) is 1. The summed E-state index contributed by atoms with van der Waals surface area (Å²) in [6.07, 6.45) is 13.0. The van der Waals surface area contributed by atoms with Crippen molar-refractivity contribution < 1.29 is 4.74 Å². The standard InChI is InChI=1S/C19H24N2O/c1-2-22-19-11-7-6-10-18(19)20-14-16-12-13-21(15-16)17-8-4-3-5-9-17/h6-7,10-15,17H,2-5,8-9H2,1H3. The normalized spacial score (nSPS) is 16.2. The number of hydrogen-bond donors (Lipinski definition) is 0. The molecule has 1 fully saturated rings. The van der Waals surface area contributed by atoms with Crippen LogP contribution in [-0.2, 0) is 0 Å². The molecule has 0 radical (unpaired) electrons. The highest BCUT2D eigenvalue weighted by Gasteiger charge is 2.14. The molecule has 3 heteroatoms. The smallest absolute Gasteiger partial charge is 0.144 e. The van der Waals surface area contributed by atoms with Crippen molar-refractivity contribution in [2.45, 2.75) is 45.1 Å². The van der Waals surface area contributed by atoms with Crippen LogP contribution in [0.2, 0.25) is 0 Å². The molecule has 1 aliphatic carbocycles. The average molecular weight is 296 g/mol. The Morgan fingerprint density at radius 2 is 2.00 bits per heavy atom. The van der Waals surface area contributed by atoms with Crippen LogP contribution < -0.4 is 4.74 Å². The third-order valence-electron chi connectivity index (χ3n) is 4.25. The topological polar surface area (TPSA) is 26.5 Å². The van der Waals surface area contributed by atoms with Crippen LogP contribution >= 0.6 is 0 Å². The van der Waals surface area contributed by atoms with Crippen LogP contribution in [0.1, 0.15) is 50.6 Å². The molecule has 0 aliphatic heterocycles. The van der Waals surface area contributed by atoms with Gasteiger partial charge in [-0.1, -0.05) is 31.4 Å². The molecule has 0 bridgehead atoms. The number of aliphatic imine (C=N–C) groups is 1. The summed E-state index contributed by atoms with van der Waals surface area (Å²) < 4.78 is 7.96. The summed E-state index contributed by atoms with van der Waals surface area (Å²) >= 11 is 0. The van der Waals surface area contributed by atoms with E-state index in [0.29, 0.717) is 12.6 Å². The summed E-state index contributed by atoms with van der Waals surface area (Å²) in [5.41, 5.74) is 2.03. The second-order valence-corrected chi connectivity index (χ2v) is 5.84. The van der Waals surface area contributed by atoms with Gasteiger partial charge in [0.1, 0.15) is 11.4 Å². The minimum Gasteiger partial charge on any atom is -0.492 e. The summed E-state index contributed by atoms with van der Waals surface area (Å²) in [6.45, 7) is 2.65. The van der Waals surface area contributed by atoms with Crippen molar-refractivity contribution in [3.63, 3.8) is 0 Å². The molecule has 0 unspecified atom stereocenters. The van der Waals surface area contributed by atoms with E-state index in [0.717, 1.165) is 17.0 Å². The van der Waals surface area contributed by atoms with E-state index < -0.39 is 0 Å². The quantitative estimate of drug-likeness (QED) is 0.701. The maximum Gasteiger partial charge on any atom is 0.144 e. The fourth-order valence-electron chi connectivity index (χ4n) is 3.10. The van der Waals surface area contributed by atoms with Gasteiger partial charge in [0.05, 0.1) is 6.61 Å². The van der Waals surface area contributed by atoms with Crippen LogP contribution in [0, 0.1) is 0 Å². The molecule has 0 saturated heterocycles. The zero-order chi connectivity index (χ0) is 15.2. The lowest BCUT2D eigenvalue weighted by atomic mass is 9.95. The second-order valence-electron chi connectivity index (χ2n) is 5.84. The van der Waals surface area contributed by atoms with E-state index in [4.69, 9.17) is 4.74 Å². The lowest BCUT2D eigenvalue weighted by molar-refractivity contribution is 0.341. The predicted octanol–water partition coefficient (Wildman–Crippen LogP) is 5.14. The number of benzene rings is 1. The molecule has 0 atom stereocenters. The largest absolute Gasteiger partial charge is 0.492 e. The van der Waals surface area contributed by atoms with Crippen LogP contribution in [0.5, 0.6) is 5.75 Å². The Morgan fingerprint density at radius 1 is 1.18 bits per heavy atom. The Bertz CT molecular complexity index is 624. The Labute approximate surface area is 132 Å². The molecule has 2 aromatic rings. The highest BCUT2D eigenvalue weighted by Crippen LogP contribution is 2.29. The van der Waals surface area contributed by atoms with Gasteiger partial charge >= 0.3 is 0 Å².